The van der Waals surface area contributed by atoms with E-state index in [0.717, 1.165) is 16.9 Å². The molecule has 0 aliphatic heterocycles. The van der Waals surface area contributed by atoms with Crippen molar-refractivity contribution in [3.63, 3.8) is 0 Å². The third-order valence-electron chi connectivity index (χ3n) is 5.00. The van der Waals surface area contributed by atoms with Crippen molar-refractivity contribution in [1.29, 1.82) is 0 Å². The normalized spacial score (nSPS) is 10.6. The molecular formula is C25H24N4O4. The molecule has 0 atom stereocenters. The first-order valence-corrected chi connectivity index (χ1v) is 10.4. The van der Waals surface area contributed by atoms with Gasteiger partial charge < -0.3 is 24.5 Å². The van der Waals surface area contributed by atoms with Crippen molar-refractivity contribution in [2.24, 2.45) is 0 Å². The van der Waals surface area contributed by atoms with Crippen molar-refractivity contribution in [3.05, 3.63) is 83.8 Å². The zero-order valence-corrected chi connectivity index (χ0v) is 18.6. The Bertz CT molecular complexity index is 1310. The maximum absolute atomic E-state index is 12.7. The van der Waals surface area contributed by atoms with Gasteiger partial charge in [0.05, 0.1) is 18.5 Å². The number of aromatic nitrogens is 2. The van der Waals surface area contributed by atoms with E-state index in [-0.39, 0.29) is 11.8 Å². The molecule has 4 rings (SSSR count). The summed E-state index contributed by atoms with van der Waals surface area (Å²) in [5.41, 5.74) is 4.29. The lowest BCUT2D eigenvalue weighted by Crippen LogP contribution is -2.13. The number of pyridine rings is 1. The van der Waals surface area contributed by atoms with E-state index >= 15 is 0 Å². The average molecular weight is 444 g/mol. The molecule has 2 N–H and O–H groups in total. The number of nitrogens with zero attached hydrogens (tertiary/aromatic N) is 2. The van der Waals surface area contributed by atoms with Crippen LogP contribution in [0.15, 0.2) is 67.0 Å². The van der Waals surface area contributed by atoms with Gasteiger partial charge in [-0.25, -0.2) is 4.98 Å². The first kappa shape index (κ1) is 21.9. The minimum Gasteiger partial charge on any atom is -0.495 e. The molecule has 2 aromatic heterocycles. The summed E-state index contributed by atoms with van der Waals surface area (Å²) in [6.07, 6.45) is 3.89. The lowest BCUT2D eigenvalue weighted by atomic mass is 10.2. The Morgan fingerprint density at radius 2 is 1.85 bits per heavy atom. The lowest BCUT2D eigenvalue weighted by molar-refractivity contribution is -0.114. The number of carbonyl (C=O) groups excluding carboxylic acids is 2. The number of aryl methyl sites for hydroxylation is 1. The van der Waals surface area contributed by atoms with Gasteiger partial charge in [-0.3, -0.25) is 9.59 Å². The third-order valence-corrected chi connectivity index (χ3v) is 5.00. The quantitative estimate of drug-likeness (QED) is 0.440. The summed E-state index contributed by atoms with van der Waals surface area (Å²) < 4.78 is 13.1. The Morgan fingerprint density at radius 3 is 2.55 bits per heavy atom. The van der Waals surface area contributed by atoms with Crippen LogP contribution in [0.1, 0.15) is 28.5 Å². The zero-order chi connectivity index (χ0) is 23.4. The van der Waals surface area contributed by atoms with Crippen molar-refractivity contribution in [2.45, 2.75) is 20.5 Å². The molecule has 0 unspecified atom stereocenters. The summed E-state index contributed by atoms with van der Waals surface area (Å²) in [5.74, 6) is 0.605. The van der Waals surface area contributed by atoms with Crippen LogP contribution in [0, 0.1) is 6.92 Å². The fraction of sp³-hybridized carbons (Fsp3) is 0.160. The van der Waals surface area contributed by atoms with Crippen LogP contribution < -0.4 is 20.1 Å². The largest absolute Gasteiger partial charge is 0.495 e. The molecule has 0 fully saturated rings. The SMILES string of the molecule is COc1ccc(NC(C)=O)cc1NC(=O)c1ccc(OCc2cn3cccc(C)c3n2)cc1. The standard InChI is InChI=1S/C25H24N4O4/c1-16-5-4-12-29-14-20(27-24(16)29)15-33-21-9-6-18(7-10-21)25(31)28-22-13-19(26-17(2)30)8-11-23(22)32-3/h4-14H,15H2,1-3H3,(H,26,30)(H,28,31). The molecular weight excluding hydrogens is 420 g/mol. The number of carbonyl (C=O) groups is 2. The number of amides is 2. The van der Waals surface area contributed by atoms with Crippen molar-refractivity contribution in [3.8, 4) is 11.5 Å². The predicted octanol–water partition coefficient (Wildman–Crippen LogP) is 4.44. The number of imidazole rings is 1. The molecule has 8 heteroatoms. The molecule has 0 saturated carbocycles. The smallest absolute Gasteiger partial charge is 0.255 e. The van der Waals surface area contributed by atoms with Crippen molar-refractivity contribution in [1.82, 2.24) is 9.38 Å². The van der Waals surface area contributed by atoms with Crippen molar-refractivity contribution in [2.75, 3.05) is 17.7 Å². The van der Waals surface area contributed by atoms with E-state index in [1.165, 1.54) is 14.0 Å². The number of hydrogen-bond donors (Lipinski definition) is 2. The van der Waals surface area contributed by atoms with E-state index < -0.39 is 0 Å². The van der Waals surface area contributed by atoms with Gasteiger partial charge >= 0.3 is 0 Å². The molecule has 2 amide bonds. The molecule has 0 aliphatic carbocycles. The van der Waals surface area contributed by atoms with Gasteiger partial charge in [0.1, 0.15) is 23.8 Å². The number of hydrogen-bond acceptors (Lipinski definition) is 5. The van der Waals surface area contributed by atoms with E-state index in [4.69, 9.17) is 9.47 Å². The number of ether oxygens (including phenoxy) is 2. The van der Waals surface area contributed by atoms with Gasteiger partial charge in [-0.15, -0.1) is 0 Å². The van der Waals surface area contributed by atoms with Crippen LogP contribution in [-0.2, 0) is 11.4 Å². The molecule has 0 radical (unpaired) electrons. The number of fused-ring (bicyclic) bond motifs is 1. The van der Waals surface area contributed by atoms with Gasteiger partial charge in [0.15, 0.2) is 0 Å². The molecule has 0 aliphatic rings. The summed E-state index contributed by atoms with van der Waals surface area (Å²) in [5, 5.41) is 5.51. The molecule has 2 heterocycles. The van der Waals surface area contributed by atoms with E-state index in [1.54, 1.807) is 42.5 Å². The second kappa shape index (κ2) is 9.44. The molecule has 4 aromatic rings. The Hall–Kier alpha value is -4.33. The van der Waals surface area contributed by atoms with Crippen LogP contribution in [0.5, 0.6) is 11.5 Å². The van der Waals surface area contributed by atoms with Gasteiger partial charge in [0.25, 0.3) is 5.91 Å². The highest BCUT2D eigenvalue weighted by Gasteiger charge is 2.12. The van der Waals surface area contributed by atoms with Crippen LogP contribution in [0.2, 0.25) is 0 Å². The number of rotatable bonds is 7. The number of nitrogens with one attached hydrogen (secondary N) is 2. The van der Waals surface area contributed by atoms with E-state index in [0.29, 0.717) is 35.0 Å². The van der Waals surface area contributed by atoms with Crippen LogP contribution in [-0.4, -0.2) is 28.3 Å². The Balaban J connectivity index is 1.41. The summed E-state index contributed by atoms with van der Waals surface area (Å²) in [7, 11) is 1.51. The number of benzene rings is 2. The van der Waals surface area contributed by atoms with E-state index in [2.05, 4.69) is 15.6 Å². The maximum Gasteiger partial charge on any atom is 0.255 e. The van der Waals surface area contributed by atoms with Crippen molar-refractivity contribution >= 4 is 28.8 Å². The topological polar surface area (TPSA) is 94.0 Å². The number of methoxy groups -OCH3 is 1. The van der Waals surface area contributed by atoms with Crippen molar-refractivity contribution < 1.29 is 19.1 Å². The molecule has 0 spiro atoms. The van der Waals surface area contributed by atoms with Crippen LogP contribution >= 0.6 is 0 Å². The first-order chi connectivity index (χ1) is 15.9. The molecule has 2 aromatic carbocycles. The summed E-state index contributed by atoms with van der Waals surface area (Å²) in [6, 6.07) is 15.9. The fourth-order valence-electron chi connectivity index (χ4n) is 3.41. The monoisotopic (exact) mass is 444 g/mol. The van der Waals surface area contributed by atoms with Gasteiger partial charge in [-0.1, -0.05) is 6.07 Å². The van der Waals surface area contributed by atoms with Crippen LogP contribution in [0.3, 0.4) is 0 Å². The Morgan fingerprint density at radius 1 is 1.06 bits per heavy atom. The lowest BCUT2D eigenvalue weighted by Gasteiger charge is -2.12. The summed E-state index contributed by atoms with van der Waals surface area (Å²) in [4.78, 5) is 28.6. The van der Waals surface area contributed by atoms with Gasteiger partial charge in [-0.2, -0.15) is 0 Å². The average Bonchev–Trinajstić information content (AvgIpc) is 3.22. The van der Waals surface area contributed by atoms with Gasteiger partial charge in [0, 0.05) is 30.6 Å². The highest BCUT2D eigenvalue weighted by Crippen LogP contribution is 2.28. The fourth-order valence-corrected chi connectivity index (χ4v) is 3.41. The van der Waals surface area contributed by atoms with Gasteiger partial charge in [0.2, 0.25) is 5.91 Å². The zero-order valence-electron chi connectivity index (χ0n) is 18.6. The number of anilines is 2. The molecule has 0 bridgehead atoms. The second-order valence-corrected chi connectivity index (χ2v) is 7.52. The van der Waals surface area contributed by atoms with E-state index in [9.17, 15) is 9.59 Å². The highest BCUT2D eigenvalue weighted by molar-refractivity contribution is 6.05. The minimum absolute atomic E-state index is 0.202. The molecule has 33 heavy (non-hydrogen) atoms. The first-order valence-electron chi connectivity index (χ1n) is 10.4. The predicted molar refractivity (Wildman–Crippen MR) is 126 cm³/mol. The summed E-state index contributed by atoms with van der Waals surface area (Å²) >= 11 is 0. The van der Waals surface area contributed by atoms with Crippen LogP contribution in [0.25, 0.3) is 5.65 Å². The maximum atomic E-state index is 12.7. The van der Waals surface area contributed by atoms with Gasteiger partial charge in [-0.05, 0) is 61.0 Å². The third kappa shape index (κ3) is 5.12. The molecule has 168 valence electrons. The van der Waals surface area contributed by atoms with Crippen LogP contribution in [0.4, 0.5) is 11.4 Å². The minimum atomic E-state index is -0.310. The highest BCUT2D eigenvalue weighted by atomic mass is 16.5. The molecule has 8 nitrogen and oxygen atoms in total. The Kier molecular flexibility index (Phi) is 6.26. The Labute approximate surface area is 191 Å². The molecule has 0 saturated heterocycles. The summed E-state index contributed by atoms with van der Waals surface area (Å²) in [6.45, 7) is 3.75. The van der Waals surface area contributed by atoms with E-state index in [1.807, 2.05) is 35.9 Å². The second-order valence-electron chi connectivity index (χ2n) is 7.52.